The number of benzene rings is 1. The van der Waals surface area contributed by atoms with Crippen molar-refractivity contribution in [3.05, 3.63) is 77.7 Å². The molecule has 0 bridgehead atoms. The van der Waals surface area contributed by atoms with Crippen LogP contribution in [-0.2, 0) is 4.74 Å². The third kappa shape index (κ3) is 3.94. The van der Waals surface area contributed by atoms with E-state index in [4.69, 9.17) is 9.72 Å². The molecule has 7 heteroatoms. The zero-order valence-electron chi connectivity index (χ0n) is 18.2. The van der Waals surface area contributed by atoms with Crippen LogP contribution < -0.4 is 10.2 Å². The minimum absolute atomic E-state index is 0.223. The fraction of sp³-hybridized carbons (Fsp3) is 0.240. The van der Waals surface area contributed by atoms with Crippen molar-refractivity contribution in [2.24, 2.45) is 0 Å². The summed E-state index contributed by atoms with van der Waals surface area (Å²) >= 11 is 0. The van der Waals surface area contributed by atoms with E-state index in [0.29, 0.717) is 30.3 Å². The molecule has 4 heterocycles. The highest BCUT2D eigenvalue weighted by atomic mass is 16.5. The molecule has 0 saturated carbocycles. The van der Waals surface area contributed by atoms with Crippen molar-refractivity contribution in [2.45, 2.75) is 13.8 Å². The highest BCUT2D eigenvalue weighted by molar-refractivity contribution is 6.07. The smallest absolute Gasteiger partial charge is 0.275 e. The number of nitrogens with zero attached hydrogens (tertiary/aromatic N) is 4. The van der Waals surface area contributed by atoms with E-state index in [0.717, 1.165) is 41.2 Å². The number of nitrogens with one attached hydrogen (secondary N) is 1. The summed E-state index contributed by atoms with van der Waals surface area (Å²) in [6.07, 6.45) is 3.64. The maximum Gasteiger partial charge on any atom is 0.275 e. The third-order valence-corrected chi connectivity index (χ3v) is 5.65. The molecule has 7 nitrogen and oxygen atoms in total. The lowest BCUT2D eigenvalue weighted by Crippen LogP contribution is -2.36. The van der Waals surface area contributed by atoms with Crippen LogP contribution in [0, 0.1) is 13.8 Å². The number of anilines is 2. The number of aryl methyl sites for hydroxylation is 2. The number of fused-ring (bicyclic) bond motifs is 1. The second kappa shape index (κ2) is 8.43. The number of pyridine rings is 2. The van der Waals surface area contributed by atoms with Gasteiger partial charge in [0.1, 0.15) is 22.9 Å². The first-order valence-electron chi connectivity index (χ1n) is 10.7. The number of rotatable bonds is 4. The molecule has 1 aliphatic rings. The SMILES string of the molecule is Cc1ccc(-c2nc3ccc(C)cn3c2C(=O)Nc2ccc(N3CCOCC3)nc2)cc1. The van der Waals surface area contributed by atoms with E-state index in [9.17, 15) is 4.79 Å². The molecule has 0 spiro atoms. The monoisotopic (exact) mass is 427 g/mol. The van der Waals surface area contributed by atoms with E-state index in [-0.39, 0.29) is 5.91 Å². The Kier molecular flexibility index (Phi) is 5.33. The predicted molar refractivity (Wildman–Crippen MR) is 125 cm³/mol. The van der Waals surface area contributed by atoms with Crippen molar-refractivity contribution in [3.63, 3.8) is 0 Å². The molecule has 3 aromatic heterocycles. The number of morpholine rings is 1. The summed E-state index contributed by atoms with van der Waals surface area (Å²) in [4.78, 5) is 24.9. The minimum Gasteiger partial charge on any atom is -0.378 e. The van der Waals surface area contributed by atoms with Crippen LogP contribution in [0.2, 0.25) is 0 Å². The average molecular weight is 428 g/mol. The molecule has 4 aromatic rings. The maximum atomic E-state index is 13.4. The molecule has 1 amide bonds. The summed E-state index contributed by atoms with van der Waals surface area (Å²) < 4.78 is 7.26. The van der Waals surface area contributed by atoms with Gasteiger partial charge in [0.05, 0.1) is 25.1 Å². The van der Waals surface area contributed by atoms with E-state index in [1.807, 2.05) is 73.0 Å². The number of ether oxygens (including phenoxy) is 1. The Balaban J connectivity index is 1.48. The van der Waals surface area contributed by atoms with E-state index >= 15 is 0 Å². The van der Waals surface area contributed by atoms with Gasteiger partial charge in [0.2, 0.25) is 0 Å². The number of hydrogen-bond acceptors (Lipinski definition) is 5. The van der Waals surface area contributed by atoms with Crippen LogP contribution in [0.1, 0.15) is 21.6 Å². The molecule has 1 N–H and O–H groups in total. The first-order valence-corrected chi connectivity index (χ1v) is 10.7. The molecular weight excluding hydrogens is 402 g/mol. The van der Waals surface area contributed by atoms with Gasteiger partial charge < -0.3 is 15.0 Å². The number of aromatic nitrogens is 3. The molecule has 0 radical (unpaired) electrons. The van der Waals surface area contributed by atoms with Crippen LogP contribution in [0.15, 0.2) is 60.9 Å². The first kappa shape index (κ1) is 20.2. The average Bonchev–Trinajstić information content (AvgIpc) is 3.19. The second-order valence-electron chi connectivity index (χ2n) is 8.07. The summed E-state index contributed by atoms with van der Waals surface area (Å²) in [5.74, 6) is 0.664. The van der Waals surface area contributed by atoms with Crippen LogP contribution in [-0.4, -0.2) is 46.6 Å². The zero-order chi connectivity index (χ0) is 22.1. The fourth-order valence-electron chi connectivity index (χ4n) is 3.91. The van der Waals surface area contributed by atoms with Gasteiger partial charge in [-0.2, -0.15) is 0 Å². The van der Waals surface area contributed by atoms with Gasteiger partial charge >= 0.3 is 0 Å². The van der Waals surface area contributed by atoms with Gasteiger partial charge in [-0.3, -0.25) is 9.20 Å². The van der Waals surface area contributed by atoms with Crippen LogP contribution in [0.25, 0.3) is 16.9 Å². The van der Waals surface area contributed by atoms with Gasteiger partial charge in [-0.25, -0.2) is 9.97 Å². The molecule has 162 valence electrons. The van der Waals surface area contributed by atoms with E-state index in [2.05, 4.69) is 15.2 Å². The highest BCUT2D eigenvalue weighted by Crippen LogP contribution is 2.26. The van der Waals surface area contributed by atoms with E-state index in [1.165, 1.54) is 0 Å². The lowest BCUT2D eigenvalue weighted by Gasteiger charge is -2.27. The Bertz CT molecular complexity index is 1260. The molecule has 0 atom stereocenters. The zero-order valence-corrected chi connectivity index (χ0v) is 18.2. The van der Waals surface area contributed by atoms with Gasteiger partial charge in [-0.1, -0.05) is 35.9 Å². The number of carbonyl (C=O) groups excluding carboxylic acids is 1. The van der Waals surface area contributed by atoms with Crippen molar-refractivity contribution in [1.29, 1.82) is 0 Å². The summed E-state index contributed by atoms with van der Waals surface area (Å²) in [6.45, 7) is 7.09. The summed E-state index contributed by atoms with van der Waals surface area (Å²) in [5, 5.41) is 3.00. The molecule has 1 aliphatic heterocycles. The molecule has 0 unspecified atom stereocenters. The van der Waals surface area contributed by atoms with E-state index in [1.54, 1.807) is 6.20 Å². The van der Waals surface area contributed by atoms with Gasteiger partial charge in [0.15, 0.2) is 0 Å². The van der Waals surface area contributed by atoms with Crippen molar-refractivity contribution >= 4 is 23.1 Å². The van der Waals surface area contributed by atoms with Crippen LogP contribution in [0.5, 0.6) is 0 Å². The Morgan fingerprint density at radius 3 is 2.44 bits per heavy atom. The molecular formula is C25H25N5O2. The van der Waals surface area contributed by atoms with Crippen LogP contribution in [0.4, 0.5) is 11.5 Å². The summed E-state index contributed by atoms with van der Waals surface area (Å²) in [6, 6.07) is 15.8. The van der Waals surface area contributed by atoms with E-state index < -0.39 is 0 Å². The standard InChI is InChI=1S/C25H25N5O2/c1-17-3-6-19(7-4-17)23-24(30-16-18(2)5-9-22(30)28-23)25(31)27-20-8-10-21(26-15-20)29-11-13-32-14-12-29/h3-10,15-16H,11-14H2,1-2H3,(H,27,31). The predicted octanol–water partition coefficient (Wildman–Crippen LogP) is 4.10. The van der Waals surface area contributed by atoms with Crippen molar-refractivity contribution in [1.82, 2.24) is 14.4 Å². The lowest BCUT2D eigenvalue weighted by molar-refractivity contribution is 0.102. The molecule has 1 fully saturated rings. The third-order valence-electron chi connectivity index (χ3n) is 5.65. The summed E-state index contributed by atoms with van der Waals surface area (Å²) in [7, 11) is 0. The number of carbonyl (C=O) groups is 1. The second-order valence-corrected chi connectivity index (χ2v) is 8.07. The van der Waals surface area contributed by atoms with Crippen LogP contribution in [0.3, 0.4) is 0 Å². The Hall–Kier alpha value is -3.71. The molecule has 5 rings (SSSR count). The van der Waals surface area contributed by atoms with Crippen molar-refractivity contribution < 1.29 is 9.53 Å². The number of imidazole rings is 1. The maximum absolute atomic E-state index is 13.4. The number of amides is 1. The van der Waals surface area contributed by atoms with Crippen molar-refractivity contribution in [3.8, 4) is 11.3 Å². The lowest BCUT2D eigenvalue weighted by atomic mass is 10.1. The normalized spacial score (nSPS) is 14.0. The fourth-order valence-corrected chi connectivity index (χ4v) is 3.91. The molecule has 1 aromatic carbocycles. The molecule has 1 saturated heterocycles. The van der Waals surface area contributed by atoms with Crippen LogP contribution >= 0.6 is 0 Å². The summed E-state index contributed by atoms with van der Waals surface area (Å²) in [5.41, 5.74) is 5.65. The van der Waals surface area contributed by atoms with Crippen molar-refractivity contribution in [2.75, 3.05) is 36.5 Å². The number of hydrogen-bond donors (Lipinski definition) is 1. The van der Waals surface area contributed by atoms with Gasteiger partial charge in [0.25, 0.3) is 5.91 Å². The van der Waals surface area contributed by atoms with Gasteiger partial charge in [0, 0.05) is 24.8 Å². The Morgan fingerprint density at radius 2 is 1.72 bits per heavy atom. The quantitative estimate of drug-likeness (QED) is 0.531. The van der Waals surface area contributed by atoms with Gasteiger partial charge in [-0.05, 0) is 37.6 Å². The Morgan fingerprint density at radius 1 is 0.969 bits per heavy atom. The largest absolute Gasteiger partial charge is 0.378 e. The highest BCUT2D eigenvalue weighted by Gasteiger charge is 2.21. The first-order chi connectivity index (χ1) is 15.6. The Labute approximate surface area is 186 Å². The minimum atomic E-state index is -0.223. The molecule has 0 aliphatic carbocycles. The van der Waals surface area contributed by atoms with Gasteiger partial charge in [-0.15, -0.1) is 0 Å². The molecule has 32 heavy (non-hydrogen) atoms. The topological polar surface area (TPSA) is 71.8 Å².